The van der Waals surface area contributed by atoms with Crippen LogP contribution < -0.4 is 10.1 Å². The quantitative estimate of drug-likeness (QED) is 0.911. The first-order chi connectivity index (χ1) is 10.5. The number of likely N-dealkylation sites (N-methyl/N-ethyl adjacent to an activating group) is 1. The van der Waals surface area contributed by atoms with Gasteiger partial charge in [0.15, 0.2) is 0 Å². The number of nitrogens with zero attached hydrogens (tertiary/aromatic N) is 1. The number of hydrogen-bond donors (Lipinski definition) is 1. The maximum absolute atomic E-state index is 12.1. The molecule has 0 aliphatic carbocycles. The first kappa shape index (κ1) is 15.9. The van der Waals surface area contributed by atoms with E-state index in [2.05, 4.69) is 5.32 Å². The Morgan fingerprint density at radius 2 is 1.82 bits per heavy atom. The predicted octanol–water partition coefficient (Wildman–Crippen LogP) is 3.85. The number of carbonyl (C=O) groups is 1. The summed E-state index contributed by atoms with van der Waals surface area (Å²) < 4.78 is 5.63. The number of nitrogens with one attached hydrogen (secondary N) is 1. The number of hydrogen-bond acceptors (Lipinski definition) is 2. The molecule has 2 aromatic carbocycles. The average molecular weight is 298 g/mol. The summed E-state index contributed by atoms with van der Waals surface area (Å²) in [4.78, 5) is 13.7. The third kappa shape index (κ3) is 4.81. The van der Waals surface area contributed by atoms with Crippen molar-refractivity contribution < 1.29 is 9.53 Å². The lowest BCUT2D eigenvalue weighted by atomic mass is 10.2. The molecule has 0 atom stereocenters. The summed E-state index contributed by atoms with van der Waals surface area (Å²) in [5, 5.41) is 2.87. The number of aryl methyl sites for hydroxylation is 2. The normalized spacial score (nSPS) is 10.1. The fourth-order valence-corrected chi connectivity index (χ4v) is 1.98. The lowest BCUT2D eigenvalue weighted by Crippen LogP contribution is -2.34. The largest absolute Gasteiger partial charge is 0.492 e. The fraction of sp³-hybridized carbons (Fsp3) is 0.278. The lowest BCUT2D eigenvalue weighted by molar-refractivity contribution is 0.207. The number of ether oxygens (including phenoxy) is 1. The van der Waals surface area contributed by atoms with Crippen molar-refractivity contribution in [2.45, 2.75) is 13.8 Å². The standard InChI is InChI=1S/C18H22N2O2/c1-14-7-9-17(10-8-14)22-12-11-20(3)18(21)19-16-6-4-5-15(2)13-16/h4-10,13H,11-12H2,1-3H3,(H,19,21). The molecule has 0 aliphatic heterocycles. The summed E-state index contributed by atoms with van der Waals surface area (Å²) in [7, 11) is 1.75. The van der Waals surface area contributed by atoms with E-state index in [0.717, 1.165) is 17.0 Å². The van der Waals surface area contributed by atoms with Gasteiger partial charge >= 0.3 is 6.03 Å². The van der Waals surface area contributed by atoms with E-state index in [1.807, 2.05) is 62.4 Å². The summed E-state index contributed by atoms with van der Waals surface area (Å²) in [6.07, 6.45) is 0. The minimum absolute atomic E-state index is 0.141. The molecule has 0 aromatic heterocycles. The molecule has 2 aromatic rings. The van der Waals surface area contributed by atoms with Crippen LogP contribution in [0.2, 0.25) is 0 Å². The number of carbonyl (C=O) groups excluding carboxylic acids is 1. The predicted molar refractivity (Wildman–Crippen MR) is 89.5 cm³/mol. The fourth-order valence-electron chi connectivity index (χ4n) is 1.98. The Morgan fingerprint density at radius 1 is 1.09 bits per heavy atom. The molecule has 0 saturated carbocycles. The van der Waals surface area contributed by atoms with Crippen molar-refractivity contribution in [3.8, 4) is 5.75 Å². The van der Waals surface area contributed by atoms with Gasteiger partial charge in [-0.05, 0) is 43.7 Å². The smallest absolute Gasteiger partial charge is 0.321 e. The lowest BCUT2D eigenvalue weighted by Gasteiger charge is -2.18. The molecule has 0 fully saturated rings. The highest BCUT2D eigenvalue weighted by atomic mass is 16.5. The van der Waals surface area contributed by atoms with Crippen molar-refractivity contribution in [3.63, 3.8) is 0 Å². The number of urea groups is 1. The maximum atomic E-state index is 12.1. The van der Waals surface area contributed by atoms with Crippen LogP contribution in [0.3, 0.4) is 0 Å². The van der Waals surface area contributed by atoms with Crippen molar-refractivity contribution in [2.24, 2.45) is 0 Å². The number of anilines is 1. The van der Waals surface area contributed by atoms with Gasteiger partial charge in [-0.1, -0.05) is 29.8 Å². The van der Waals surface area contributed by atoms with Crippen molar-refractivity contribution in [1.82, 2.24) is 4.90 Å². The molecule has 116 valence electrons. The van der Waals surface area contributed by atoms with Crippen LogP contribution in [0.25, 0.3) is 0 Å². The third-order valence-corrected chi connectivity index (χ3v) is 3.33. The molecular formula is C18H22N2O2. The molecule has 0 aliphatic rings. The Hall–Kier alpha value is -2.49. The maximum Gasteiger partial charge on any atom is 0.321 e. The van der Waals surface area contributed by atoms with Gasteiger partial charge in [0.2, 0.25) is 0 Å². The zero-order valence-corrected chi connectivity index (χ0v) is 13.3. The number of amides is 2. The van der Waals surface area contributed by atoms with E-state index in [0.29, 0.717) is 13.2 Å². The Morgan fingerprint density at radius 3 is 2.50 bits per heavy atom. The minimum atomic E-state index is -0.141. The van der Waals surface area contributed by atoms with Crippen molar-refractivity contribution >= 4 is 11.7 Å². The van der Waals surface area contributed by atoms with Gasteiger partial charge in [-0.3, -0.25) is 0 Å². The van der Waals surface area contributed by atoms with E-state index in [1.165, 1.54) is 5.56 Å². The molecule has 1 N–H and O–H groups in total. The third-order valence-electron chi connectivity index (χ3n) is 3.33. The van der Waals surface area contributed by atoms with Crippen LogP contribution in [-0.2, 0) is 0 Å². The Balaban J connectivity index is 1.77. The first-order valence-electron chi connectivity index (χ1n) is 7.33. The van der Waals surface area contributed by atoms with Crippen molar-refractivity contribution in [2.75, 3.05) is 25.5 Å². The monoisotopic (exact) mass is 298 g/mol. The molecule has 0 unspecified atom stereocenters. The molecule has 4 nitrogen and oxygen atoms in total. The van der Waals surface area contributed by atoms with Gasteiger partial charge in [0.05, 0.1) is 6.54 Å². The molecule has 0 bridgehead atoms. The Labute approximate surface area is 131 Å². The minimum Gasteiger partial charge on any atom is -0.492 e. The second kappa shape index (κ2) is 7.50. The average Bonchev–Trinajstić information content (AvgIpc) is 2.49. The van der Waals surface area contributed by atoms with Crippen LogP contribution in [0.4, 0.5) is 10.5 Å². The van der Waals surface area contributed by atoms with Gasteiger partial charge in [0, 0.05) is 12.7 Å². The van der Waals surface area contributed by atoms with Gasteiger partial charge in [0.1, 0.15) is 12.4 Å². The van der Waals surface area contributed by atoms with E-state index in [1.54, 1.807) is 11.9 Å². The van der Waals surface area contributed by atoms with Crippen LogP contribution in [0.1, 0.15) is 11.1 Å². The van der Waals surface area contributed by atoms with Crippen LogP contribution in [0, 0.1) is 13.8 Å². The summed E-state index contributed by atoms with van der Waals surface area (Å²) in [6.45, 7) is 5.01. The topological polar surface area (TPSA) is 41.6 Å². The van der Waals surface area contributed by atoms with E-state index < -0.39 is 0 Å². The van der Waals surface area contributed by atoms with Crippen LogP contribution in [0.5, 0.6) is 5.75 Å². The number of rotatable bonds is 5. The van der Waals surface area contributed by atoms with Crippen LogP contribution >= 0.6 is 0 Å². The second-order valence-corrected chi connectivity index (χ2v) is 5.38. The zero-order chi connectivity index (χ0) is 15.9. The molecule has 2 rings (SSSR count). The highest BCUT2D eigenvalue weighted by Crippen LogP contribution is 2.12. The van der Waals surface area contributed by atoms with Crippen molar-refractivity contribution in [3.05, 3.63) is 59.7 Å². The highest BCUT2D eigenvalue weighted by molar-refractivity contribution is 5.89. The summed E-state index contributed by atoms with van der Waals surface area (Å²) >= 11 is 0. The molecule has 0 saturated heterocycles. The molecule has 22 heavy (non-hydrogen) atoms. The van der Waals surface area contributed by atoms with Gasteiger partial charge in [-0.15, -0.1) is 0 Å². The summed E-state index contributed by atoms with van der Waals surface area (Å²) in [5.41, 5.74) is 3.11. The van der Waals surface area contributed by atoms with Gasteiger partial charge < -0.3 is 15.0 Å². The summed E-state index contributed by atoms with van der Waals surface area (Å²) in [5.74, 6) is 0.818. The molecule has 0 radical (unpaired) electrons. The van der Waals surface area contributed by atoms with E-state index >= 15 is 0 Å². The Kier molecular flexibility index (Phi) is 5.42. The van der Waals surface area contributed by atoms with E-state index in [9.17, 15) is 4.79 Å². The second-order valence-electron chi connectivity index (χ2n) is 5.38. The molecule has 0 heterocycles. The van der Waals surface area contributed by atoms with Gasteiger partial charge in [-0.2, -0.15) is 0 Å². The SMILES string of the molecule is Cc1ccc(OCCN(C)C(=O)Nc2cccc(C)c2)cc1. The van der Waals surface area contributed by atoms with Gasteiger partial charge in [0.25, 0.3) is 0 Å². The Bertz CT molecular complexity index is 623. The molecular weight excluding hydrogens is 276 g/mol. The van der Waals surface area contributed by atoms with Crippen molar-refractivity contribution in [1.29, 1.82) is 0 Å². The van der Waals surface area contributed by atoms with Crippen LogP contribution in [-0.4, -0.2) is 31.1 Å². The van der Waals surface area contributed by atoms with E-state index in [-0.39, 0.29) is 6.03 Å². The van der Waals surface area contributed by atoms with Gasteiger partial charge in [-0.25, -0.2) is 4.79 Å². The first-order valence-corrected chi connectivity index (χ1v) is 7.33. The van der Waals surface area contributed by atoms with Crippen LogP contribution in [0.15, 0.2) is 48.5 Å². The van der Waals surface area contributed by atoms with E-state index in [4.69, 9.17) is 4.74 Å². The highest BCUT2D eigenvalue weighted by Gasteiger charge is 2.08. The molecule has 2 amide bonds. The molecule has 0 spiro atoms. The zero-order valence-electron chi connectivity index (χ0n) is 13.3. The number of benzene rings is 2. The summed E-state index contributed by atoms with van der Waals surface area (Å²) in [6, 6.07) is 15.5. The molecule has 4 heteroatoms.